The molecule has 0 radical (unpaired) electrons. The van der Waals surface area contributed by atoms with Gasteiger partial charge in [-0.1, -0.05) is 6.92 Å². The molecule has 124 valence electrons. The number of nitrogens with zero attached hydrogens (tertiary/aromatic N) is 5. The summed E-state index contributed by atoms with van der Waals surface area (Å²) in [5, 5.41) is 4.36. The molecule has 3 rings (SSSR count). The van der Waals surface area contributed by atoms with Crippen LogP contribution in [0.1, 0.15) is 39.3 Å². The summed E-state index contributed by atoms with van der Waals surface area (Å²) in [6.07, 6.45) is 9.04. The highest BCUT2D eigenvalue weighted by Gasteiger charge is 2.24. The predicted octanol–water partition coefficient (Wildman–Crippen LogP) is 3.02. The van der Waals surface area contributed by atoms with Crippen LogP contribution in [0.4, 0.5) is 0 Å². The van der Waals surface area contributed by atoms with E-state index in [1.165, 1.54) is 19.5 Å². The fourth-order valence-corrected chi connectivity index (χ4v) is 3.33. The first-order valence-corrected chi connectivity index (χ1v) is 8.74. The molecule has 0 bridgehead atoms. The molecule has 3 heterocycles. The third-order valence-corrected chi connectivity index (χ3v) is 4.67. The van der Waals surface area contributed by atoms with E-state index in [9.17, 15) is 0 Å². The second-order valence-corrected chi connectivity index (χ2v) is 6.78. The van der Waals surface area contributed by atoms with Gasteiger partial charge in [-0.05, 0) is 51.6 Å². The van der Waals surface area contributed by atoms with Gasteiger partial charge in [0.05, 0.1) is 17.6 Å². The summed E-state index contributed by atoms with van der Waals surface area (Å²) in [6, 6.07) is 2.66. The van der Waals surface area contributed by atoms with Crippen molar-refractivity contribution < 1.29 is 0 Å². The van der Waals surface area contributed by atoms with Crippen LogP contribution in [0.15, 0.2) is 24.7 Å². The standard InChI is InChI=1S/C18H27N5/c1-4-8-23-18(5-7-21-23)17-12-19-16(11-20-17)10-15-6-9-22(13-15)14(2)3/h5,7,11-12,14-15H,4,6,8-10,13H2,1-3H3/t15-/m1/s1. The van der Waals surface area contributed by atoms with Gasteiger partial charge in [-0.25, -0.2) is 0 Å². The van der Waals surface area contributed by atoms with Crippen molar-refractivity contribution in [1.29, 1.82) is 0 Å². The maximum atomic E-state index is 4.65. The highest BCUT2D eigenvalue weighted by atomic mass is 15.3. The van der Waals surface area contributed by atoms with Crippen LogP contribution in [0, 0.1) is 5.92 Å². The minimum absolute atomic E-state index is 0.646. The number of hydrogen-bond donors (Lipinski definition) is 0. The monoisotopic (exact) mass is 313 g/mol. The first kappa shape index (κ1) is 16.1. The molecule has 5 heteroatoms. The summed E-state index contributed by atoms with van der Waals surface area (Å²) < 4.78 is 2.00. The van der Waals surface area contributed by atoms with E-state index >= 15 is 0 Å². The van der Waals surface area contributed by atoms with Crippen LogP contribution in [0.5, 0.6) is 0 Å². The number of rotatable bonds is 6. The Morgan fingerprint density at radius 3 is 2.78 bits per heavy atom. The number of likely N-dealkylation sites (tertiary alicyclic amines) is 1. The molecular weight excluding hydrogens is 286 g/mol. The molecule has 1 aliphatic heterocycles. The van der Waals surface area contributed by atoms with E-state index in [0.717, 1.165) is 36.5 Å². The SMILES string of the molecule is CCCn1nccc1-c1cnc(C[C@H]2CCN(C(C)C)C2)cn1. The van der Waals surface area contributed by atoms with Gasteiger partial charge in [0, 0.05) is 31.5 Å². The van der Waals surface area contributed by atoms with Crippen molar-refractivity contribution in [2.45, 2.75) is 52.6 Å². The first-order valence-electron chi connectivity index (χ1n) is 8.74. The third kappa shape index (κ3) is 3.78. The summed E-state index contributed by atoms with van der Waals surface area (Å²) in [4.78, 5) is 11.8. The lowest BCUT2D eigenvalue weighted by Crippen LogP contribution is -2.28. The van der Waals surface area contributed by atoms with Crippen LogP contribution in [0.25, 0.3) is 11.4 Å². The minimum Gasteiger partial charge on any atom is -0.301 e. The zero-order chi connectivity index (χ0) is 16.2. The quantitative estimate of drug-likeness (QED) is 0.822. The Bertz CT molecular complexity index is 617. The lowest BCUT2D eigenvalue weighted by Gasteiger charge is -2.20. The molecule has 1 atom stereocenters. The van der Waals surface area contributed by atoms with Gasteiger partial charge in [0.15, 0.2) is 0 Å². The van der Waals surface area contributed by atoms with Gasteiger partial charge in [-0.15, -0.1) is 0 Å². The molecule has 23 heavy (non-hydrogen) atoms. The summed E-state index contributed by atoms with van der Waals surface area (Å²) in [5.74, 6) is 0.711. The number of aryl methyl sites for hydroxylation is 1. The molecule has 5 nitrogen and oxygen atoms in total. The van der Waals surface area contributed by atoms with E-state index in [-0.39, 0.29) is 0 Å². The van der Waals surface area contributed by atoms with Crippen LogP contribution in [0.3, 0.4) is 0 Å². The lowest BCUT2D eigenvalue weighted by molar-refractivity contribution is 0.264. The van der Waals surface area contributed by atoms with Crippen LogP contribution in [-0.4, -0.2) is 43.8 Å². The molecule has 1 aliphatic rings. The van der Waals surface area contributed by atoms with Crippen LogP contribution >= 0.6 is 0 Å². The van der Waals surface area contributed by atoms with Crippen molar-refractivity contribution in [1.82, 2.24) is 24.6 Å². The molecule has 0 N–H and O–H groups in total. The van der Waals surface area contributed by atoms with Gasteiger partial charge < -0.3 is 4.90 Å². The zero-order valence-electron chi connectivity index (χ0n) is 14.4. The van der Waals surface area contributed by atoms with Crippen molar-refractivity contribution in [2.75, 3.05) is 13.1 Å². The Hall–Kier alpha value is -1.75. The van der Waals surface area contributed by atoms with Crippen LogP contribution in [0.2, 0.25) is 0 Å². The van der Waals surface area contributed by atoms with Crippen molar-refractivity contribution in [3.05, 3.63) is 30.4 Å². The number of aromatic nitrogens is 4. The highest BCUT2D eigenvalue weighted by molar-refractivity contribution is 5.52. The van der Waals surface area contributed by atoms with Crippen molar-refractivity contribution >= 4 is 0 Å². The molecular formula is C18H27N5. The first-order chi connectivity index (χ1) is 11.2. The molecule has 0 spiro atoms. The molecule has 0 unspecified atom stereocenters. The van der Waals surface area contributed by atoms with E-state index in [2.05, 4.69) is 40.7 Å². The predicted molar refractivity (Wildman–Crippen MR) is 92.1 cm³/mol. The summed E-state index contributed by atoms with van der Waals surface area (Å²) in [6.45, 7) is 10.0. The minimum atomic E-state index is 0.646. The Morgan fingerprint density at radius 1 is 1.26 bits per heavy atom. The Kier molecular flexibility index (Phi) is 5.06. The largest absolute Gasteiger partial charge is 0.301 e. The third-order valence-electron chi connectivity index (χ3n) is 4.67. The van der Waals surface area contributed by atoms with Crippen LogP contribution in [-0.2, 0) is 13.0 Å². The zero-order valence-corrected chi connectivity index (χ0v) is 14.4. The highest BCUT2D eigenvalue weighted by Crippen LogP contribution is 2.22. The smallest absolute Gasteiger partial charge is 0.107 e. The normalized spacial score (nSPS) is 18.9. The molecule has 1 fully saturated rings. The average molecular weight is 313 g/mol. The van der Waals surface area contributed by atoms with Gasteiger partial charge >= 0.3 is 0 Å². The van der Waals surface area contributed by atoms with Gasteiger partial charge in [0.25, 0.3) is 0 Å². The van der Waals surface area contributed by atoms with Gasteiger partial charge in [0.1, 0.15) is 5.69 Å². The number of hydrogen-bond acceptors (Lipinski definition) is 4. The second kappa shape index (κ2) is 7.21. The molecule has 1 saturated heterocycles. The van der Waals surface area contributed by atoms with Gasteiger partial charge in [0.2, 0.25) is 0 Å². The summed E-state index contributed by atoms with van der Waals surface area (Å²) in [7, 11) is 0. The molecule has 2 aromatic rings. The maximum Gasteiger partial charge on any atom is 0.107 e. The van der Waals surface area contributed by atoms with E-state index in [1.54, 1.807) is 0 Å². The topological polar surface area (TPSA) is 46.8 Å². The Balaban J connectivity index is 1.65. The van der Waals surface area contributed by atoms with Gasteiger partial charge in [-0.3, -0.25) is 14.6 Å². The average Bonchev–Trinajstić information content (AvgIpc) is 3.18. The lowest BCUT2D eigenvalue weighted by atomic mass is 10.0. The Morgan fingerprint density at radius 2 is 2.13 bits per heavy atom. The van der Waals surface area contributed by atoms with Crippen molar-refractivity contribution in [3.63, 3.8) is 0 Å². The fourth-order valence-electron chi connectivity index (χ4n) is 3.33. The fraction of sp³-hybridized carbons (Fsp3) is 0.611. The van der Waals surface area contributed by atoms with Gasteiger partial charge in [-0.2, -0.15) is 5.10 Å². The van der Waals surface area contributed by atoms with Crippen LogP contribution < -0.4 is 0 Å². The summed E-state index contributed by atoms with van der Waals surface area (Å²) >= 11 is 0. The van der Waals surface area contributed by atoms with Crippen molar-refractivity contribution in [2.24, 2.45) is 5.92 Å². The van der Waals surface area contributed by atoms with E-state index < -0.39 is 0 Å². The maximum absolute atomic E-state index is 4.65. The van der Waals surface area contributed by atoms with E-state index in [1.807, 2.05) is 29.3 Å². The molecule has 0 aliphatic carbocycles. The molecule has 2 aromatic heterocycles. The van der Waals surface area contributed by atoms with Crippen molar-refractivity contribution in [3.8, 4) is 11.4 Å². The molecule has 0 amide bonds. The molecule has 0 saturated carbocycles. The van der Waals surface area contributed by atoms with E-state index in [0.29, 0.717) is 12.0 Å². The molecule has 0 aromatic carbocycles. The second-order valence-electron chi connectivity index (χ2n) is 6.78. The Labute approximate surface area is 138 Å². The summed E-state index contributed by atoms with van der Waals surface area (Å²) in [5.41, 5.74) is 3.07. The van der Waals surface area contributed by atoms with E-state index in [4.69, 9.17) is 0 Å².